The van der Waals surface area contributed by atoms with Gasteiger partial charge in [0, 0.05) is 37.0 Å². The molecular weight excluding hydrogens is 348 g/mol. The summed E-state index contributed by atoms with van der Waals surface area (Å²) in [5, 5.41) is 5.84. The highest BCUT2D eigenvalue weighted by atomic mass is 32.1. The third-order valence-corrected chi connectivity index (χ3v) is 5.36. The van der Waals surface area contributed by atoms with Crippen LogP contribution in [0.1, 0.15) is 12.1 Å². The van der Waals surface area contributed by atoms with Crippen molar-refractivity contribution in [1.29, 1.82) is 0 Å². The quantitative estimate of drug-likeness (QED) is 0.805. The van der Waals surface area contributed by atoms with Gasteiger partial charge >= 0.3 is 0 Å². The molecule has 1 saturated heterocycles. The van der Waals surface area contributed by atoms with Gasteiger partial charge in [0.15, 0.2) is 0 Å². The molecule has 0 saturated carbocycles. The van der Waals surface area contributed by atoms with Crippen LogP contribution in [0.25, 0.3) is 10.6 Å². The summed E-state index contributed by atoms with van der Waals surface area (Å²) in [7, 11) is 3.95. The molecule has 7 heteroatoms. The number of likely N-dealkylation sites (tertiary alicyclic amines) is 1. The summed E-state index contributed by atoms with van der Waals surface area (Å²) in [5.74, 6) is -0.274. The normalized spacial score (nSPS) is 17.1. The van der Waals surface area contributed by atoms with Gasteiger partial charge < -0.3 is 15.1 Å². The van der Waals surface area contributed by atoms with Gasteiger partial charge in [-0.1, -0.05) is 30.3 Å². The Hall–Kier alpha value is -2.25. The molecule has 0 unspecified atom stereocenters. The number of rotatable bonds is 7. The number of thiazole rings is 1. The second-order valence-electron chi connectivity index (χ2n) is 6.77. The van der Waals surface area contributed by atoms with Crippen LogP contribution in [0.2, 0.25) is 0 Å². The Balaban J connectivity index is 1.50. The van der Waals surface area contributed by atoms with E-state index in [0.717, 1.165) is 22.8 Å². The van der Waals surface area contributed by atoms with Crippen LogP contribution >= 0.6 is 11.3 Å². The Morgan fingerprint density at radius 2 is 2.12 bits per heavy atom. The van der Waals surface area contributed by atoms with Crippen molar-refractivity contribution < 1.29 is 9.59 Å². The molecule has 1 N–H and O–H groups in total. The molecule has 3 rings (SSSR count). The van der Waals surface area contributed by atoms with E-state index in [4.69, 9.17) is 0 Å². The lowest BCUT2D eigenvalue weighted by Gasteiger charge is -2.19. The van der Waals surface area contributed by atoms with E-state index in [2.05, 4.69) is 10.3 Å². The first kappa shape index (κ1) is 18.5. The molecular formula is C19H24N4O2S. The lowest BCUT2D eigenvalue weighted by atomic mass is 10.1. The lowest BCUT2D eigenvalue weighted by Crippen LogP contribution is -2.35. The zero-order chi connectivity index (χ0) is 18.5. The molecule has 0 bridgehead atoms. The minimum absolute atomic E-state index is 0.0621. The van der Waals surface area contributed by atoms with Crippen LogP contribution in [0.4, 0.5) is 0 Å². The first-order valence-electron chi connectivity index (χ1n) is 8.73. The van der Waals surface area contributed by atoms with E-state index >= 15 is 0 Å². The van der Waals surface area contributed by atoms with Crippen LogP contribution in [0.5, 0.6) is 0 Å². The number of amides is 2. The van der Waals surface area contributed by atoms with Gasteiger partial charge in [-0.2, -0.15) is 0 Å². The second-order valence-corrected chi connectivity index (χ2v) is 7.63. The number of carbonyl (C=O) groups is 2. The number of hydrogen-bond donors (Lipinski definition) is 1. The van der Waals surface area contributed by atoms with Crippen molar-refractivity contribution in [2.24, 2.45) is 5.92 Å². The van der Waals surface area contributed by atoms with E-state index in [1.165, 1.54) is 0 Å². The summed E-state index contributed by atoms with van der Waals surface area (Å²) in [6.45, 7) is 2.37. The lowest BCUT2D eigenvalue weighted by molar-refractivity contribution is -0.129. The maximum atomic E-state index is 12.4. The first-order chi connectivity index (χ1) is 12.5. The fourth-order valence-corrected chi connectivity index (χ4v) is 3.73. The summed E-state index contributed by atoms with van der Waals surface area (Å²) < 4.78 is 0. The minimum Gasteiger partial charge on any atom is -0.350 e. The fourth-order valence-electron chi connectivity index (χ4n) is 2.91. The van der Waals surface area contributed by atoms with Crippen molar-refractivity contribution in [1.82, 2.24) is 20.1 Å². The smallest absolute Gasteiger partial charge is 0.225 e. The third-order valence-electron chi connectivity index (χ3n) is 4.42. The number of likely N-dealkylation sites (N-methyl/N-ethyl adjacent to an activating group) is 1. The van der Waals surface area contributed by atoms with Gasteiger partial charge in [0.1, 0.15) is 5.01 Å². The molecule has 6 nitrogen and oxygen atoms in total. The summed E-state index contributed by atoms with van der Waals surface area (Å²) in [6.07, 6.45) is 0.297. The Labute approximate surface area is 157 Å². The van der Waals surface area contributed by atoms with Gasteiger partial charge in [-0.25, -0.2) is 4.98 Å². The van der Waals surface area contributed by atoms with Crippen molar-refractivity contribution in [2.75, 3.05) is 33.7 Å². The number of aromatic nitrogens is 1. The molecule has 1 fully saturated rings. The largest absolute Gasteiger partial charge is 0.350 e. The number of carbonyl (C=O) groups excluding carboxylic acids is 2. The van der Waals surface area contributed by atoms with Crippen LogP contribution in [-0.2, 0) is 16.1 Å². The summed E-state index contributed by atoms with van der Waals surface area (Å²) in [6, 6.07) is 9.99. The van der Waals surface area contributed by atoms with Crippen LogP contribution in [0.15, 0.2) is 35.7 Å². The van der Waals surface area contributed by atoms with E-state index in [-0.39, 0.29) is 17.7 Å². The van der Waals surface area contributed by atoms with Crippen molar-refractivity contribution >= 4 is 23.2 Å². The molecule has 138 valence electrons. The maximum Gasteiger partial charge on any atom is 0.225 e. The van der Waals surface area contributed by atoms with Crippen LogP contribution in [0.3, 0.4) is 0 Å². The Morgan fingerprint density at radius 1 is 1.35 bits per heavy atom. The van der Waals surface area contributed by atoms with E-state index < -0.39 is 0 Å². The molecule has 1 aromatic carbocycles. The van der Waals surface area contributed by atoms with E-state index in [9.17, 15) is 9.59 Å². The van der Waals surface area contributed by atoms with Gasteiger partial charge in [-0.15, -0.1) is 11.3 Å². The number of benzene rings is 1. The second kappa shape index (κ2) is 8.42. The average molecular weight is 372 g/mol. The molecule has 26 heavy (non-hydrogen) atoms. The van der Waals surface area contributed by atoms with Gasteiger partial charge in [0.25, 0.3) is 0 Å². The zero-order valence-electron chi connectivity index (χ0n) is 15.1. The van der Waals surface area contributed by atoms with Crippen LogP contribution < -0.4 is 5.32 Å². The average Bonchev–Trinajstić information content (AvgIpc) is 3.25. The number of hydrogen-bond acceptors (Lipinski definition) is 5. The first-order valence-corrected chi connectivity index (χ1v) is 9.61. The van der Waals surface area contributed by atoms with E-state index in [0.29, 0.717) is 26.1 Å². The molecule has 1 aromatic heterocycles. The molecule has 0 aliphatic carbocycles. The highest BCUT2D eigenvalue weighted by molar-refractivity contribution is 7.13. The minimum atomic E-state index is -0.267. The van der Waals surface area contributed by atoms with Gasteiger partial charge in [-0.05, 0) is 14.1 Å². The Kier molecular flexibility index (Phi) is 6.00. The summed E-state index contributed by atoms with van der Waals surface area (Å²) in [5.41, 5.74) is 1.92. The zero-order valence-corrected chi connectivity index (χ0v) is 16.0. The molecule has 2 aromatic rings. The monoisotopic (exact) mass is 372 g/mol. The number of nitrogens with one attached hydrogen (secondary N) is 1. The molecule has 0 radical (unpaired) electrons. The van der Waals surface area contributed by atoms with Crippen molar-refractivity contribution in [2.45, 2.75) is 13.0 Å². The van der Waals surface area contributed by atoms with Crippen LogP contribution in [0, 0.1) is 5.92 Å². The molecule has 2 heterocycles. The Bertz CT molecular complexity index is 760. The molecule has 1 atom stereocenters. The fraction of sp³-hybridized carbons (Fsp3) is 0.421. The molecule has 0 spiro atoms. The molecule has 2 amide bonds. The summed E-state index contributed by atoms with van der Waals surface area (Å²) >= 11 is 1.57. The molecule has 1 aliphatic rings. The topological polar surface area (TPSA) is 65.5 Å². The van der Waals surface area contributed by atoms with Gasteiger partial charge in [0.2, 0.25) is 11.8 Å². The van der Waals surface area contributed by atoms with Gasteiger partial charge in [-0.3, -0.25) is 9.59 Å². The SMILES string of the molecule is CN(C)CCN1C[C@H](C(=O)NCc2csc(-c3ccccc3)n2)CC1=O. The molecule has 1 aliphatic heterocycles. The predicted octanol–water partition coefficient (Wildman–Crippen LogP) is 1.84. The van der Waals surface area contributed by atoms with Crippen molar-refractivity contribution in [3.05, 3.63) is 41.4 Å². The third kappa shape index (κ3) is 4.68. The maximum absolute atomic E-state index is 12.4. The number of nitrogens with zero attached hydrogens (tertiary/aromatic N) is 3. The van der Waals surface area contributed by atoms with E-state index in [1.54, 1.807) is 16.2 Å². The van der Waals surface area contributed by atoms with E-state index in [1.807, 2.05) is 54.7 Å². The van der Waals surface area contributed by atoms with Crippen molar-refractivity contribution in [3.63, 3.8) is 0 Å². The highest BCUT2D eigenvalue weighted by Gasteiger charge is 2.33. The summed E-state index contributed by atoms with van der Waals surface area (Å²) in [4.78, 5) is 32.8. The standard InChI is InChI=1S/C19H24N4O2S/c1-22(2)8-9-23-12-15(10-17(23)24)18(25)20-11-16-13-26-19(21-16)14-6-4-3-5-7-14/h3-7,13,15H,8-12H2,1-2H3,(H,20,25)/t15-/m1/s1. The highest BCUT2D eigenvalue weighted by Crippen LogP contribution is 2.23. The van der Waals surface area contributed by atoms with Crippen molar-refractivity contribution in [3.8, 4) is 10.6 Å². The Morgan fingerprint density at radius 3 is 2.85 bits per heavy atom. The van der Waals surface area contributed by atoms with Crippen LogP contribution in [-0.4, -0.2) is 60.3 Å². The predicted molar refractivity (Wildman–Crippen MR) is 103 cm³/mol. The van der Waals surface area contributed by atoms with Gasteiger partial charge in [0.05, 0.1) is 18.2 Å².